The minimum atomic E-state index is -0.381. The van der Waals surface area contributed by atoms with E-state index in [1.54, 1.807) is 16.8 Å². The van der Waals surface area contributed by atoms with Gasteiger partial charge in [-0.3, -0.25) is 9.48 Å². The third-order valence-corrected chi connectivity index (χ3v) is 3.26. The molecule has 0 radical (unpaired) electrons. The van der Waals surface area contributed by atoms with Crippen molar-refractivity contribution in [2.24, 2.45) is 0 Å². The summed E-state index contributed by atoms with van der Waals surface area (Å²) >= 11 is 0. The molecule has 1 heterocycles. The number of carbonyl (C=O) groups excluding carboxylic acids is 1. The minimum absolute atomic E-state index is 0.0202. The van der Waals surface area contributed by atoms with Gasteiger partial charge in [0, 0.05) is 10.9 Å². The van der Waals surface area contributed by atoms with Gasteiger partial charge >= 0.3 is 5.97 Å². The highest BCUT2D eigenvalue weighted by molar-refractivity contribution is 5.93. The van der Waals surface area contributed by atoms with Crippen molar-refractivity contribution in [3.63, 3.8) is 0 Å². The highest BCUT2D eigenvalue weighted by Crippen LogP contribution is 2.28. The standard InChI is InChI=1S/C16H13FN2O2.C2H6/c1-21-15(20)10-19-14-8-3-2-7-13(14)16(18-19)11-5-4-6-12(17)9-11;1-2/h2-9H,10H2,1H3;1-2H3. The second-order valence-electron chi connectivity index (χ2n) is 4.61. The van der Waals surface area contributed by atoms with Crippen molar-refractivity contribution in [1.29, 1.82) is 0 Å². The first-order valence-electron chi connectivity index (χ1n) is 7.47. The van der Waals surface area contributed by atoms with Crippen LogP contribution >= 0.6 is 0 Å². The Morgan fingerprint density at radius 3 is 2.61 bits per heavy atom. The van der Waals surface area contributed by atoms with Crippen LogP contribution in [0.15, 0.2) is 48.5 Å². The van der Waals surface area contributed by atoms with Crippen LogP contribution in [0.5, 0.6) is 0 Å². The fourth-order valence-electron chi connectivity index (χ4n) is 2.28. The van der Waals surface area contributed by atoms with Crippen LogP contribution in [-0.2, 0) is 16.1 Å². The van der Waals surface area contributed by atoms with E-state index in [0.29, 0.717) is 11.3 Å². The zero-order valence-corrected chi connectivity index (χ0v) is 13.4. The Bertz CT molecular complexity index is 812. The Kier molecular flexibility index (Phi) is 5.46. The van der Waals surface area contributed by atoms with E-state index in [1.165, 1.54) is 19.2 Å². The Morgan fingerprint density at radius 1 is 1.17 bits per heavy atom. The second-order valence-corrected chi connectivity index (χ2v) is 4.61. The molecule has 0 unspecified atom stereocenters. The normalized spacial score (nSPS) is 10.1. The molecule has 0 atom stereocenters. The molecule has 0 saturated carbocycles. The summed E-state index contributed by atoms with van der Waals surface area (Å²) < 4.78 is 19.7. The second kappa shape index (κ2) is 7.54. The van der Waals surface area contributed by atoms with Crippen molar-refractivity contribution >= 4 is 16.9 Å². The van der Waals surface area contributed by atoms with E-state index in [2.05, 4.69) is 9.84 Å². The molecular weight excluding hydrogens is 295 g/mol. The van der Waals surface area contributed by atoms with Gasteiger partial charge in [-0.1, -0.05) is 44.2 Å². The summed E-state index contributed by atoms with van der Waals surface area (Å²) in [6.45, 7) is 4.02. The molecule has 2 aromatic carbocycles. The van der Waals surface area contributed by atoms with Crippen molar-refractivity contribution in [2.75, 3.05) is 7.11 Å². The average molecular weight is 314 g/mol. The van der Waals surface area contributed by atoms with Gasteiger partial charge in [0.15, 0.2) is 0 Å². The summed E-state index contributed by atoms with van der Waals surface area (Å²) in [7, 11) is 1.33. The lowest BCUT2D eigenvalue weighted by Crippen LogP contribution is -2.12. The van der Waals surface area contributed by atoms with Crippen LogP contribution in [0.2, 0.25) is 0 Å². The number of halogens is 1. The zero-order valence-electron chi connectivity index (χ0n) is 13.4. The number of ether oxygens (including phenoxy) is 1. The predicted molar refractivity (Wildman–Crippen MR) is 88.5 cm³/mol. The minimum Gasteiger partial charge on any atom is -0.468 e. The molecule has 0 fully saturated rings. The number of fused-ring (bicyclic) bond motifs is 1. The molecule has 0 N–H and O–H groups in total. The SMILES string of the molecule is CC.COC(=O)Cn1nc(-c2cccc(F)c2)c2ccccc21. The van der Waals surface area contributed by atoms with Crippen molar-refractivity contribution in [3.05, 3.63) is 54.3 Å². The Labute approximate surface area is 134 Å². The van der Waals surface area contributed by atoms with E-state index in [9.17, 15) is 9.18 Å². The maximum atomic E-state index is 13.4. The summed E-state index contributed by atoms with van der Waals surface area (Å²) in [5, 5.41) is 5.31. The molecular formula is C18H19FN2O2. The molecule has 4 nitrogen and oxygen atoms in total. The molecule has 23 heavy (non-hydrogen) atoms. The van der Waals surface area contributed by atoms with Crippen molar-refractivity contribution in [1.82, 2.24) is 9.78 Å². The molecule has 0 saturated heterocycles. The van der Waals surface area contributed by atoms with E-state index < -0.39 is 0 Å². The molecule has 0 bridgehead atoms. The number of nitrogens with zero attached hydrogens (tertiary/aromatic N) is 2. The van der Waals surface area contributed by atoms with Crippen LogP contribution in [0.25, 0.3) is 22.2 Å². The third-order valence-electron chi connectivity index (χ3n) is 3.26. The fraction of sp³-hybridized carbons (Fsp3) is 0.222. The molecule has 1 aromatic heterocycles. The summed E-state index contributed by atoms with van der Waals surface area (Å²) in [6.07, 6.45) is 0. The first kappa shape index (κ1) is 16.7. The number of carbonyl (C=O) groups is 1. The maximum Gasteiger partial charge on any atom is 0.327 e. The van der Waals surface area contributed by atoms with E-state index in [4.69, 9.17) is 0 Å². The predicted octanol–water partition coefficient (Wildman–Crippen LogP) is 4.04. The van der Waals surface area contributed by atoms with Gasteiger partial charge in [-0.25, -0.2) is 4.39 Å². The van der Waals surface area contributed by atoms with Crippen LogP contribution in [0, 0.1) is 5.82 Å². The van der Waals surface area contributed by atoms with Crippen LogP contribution < -0.4 is 0 Å². The summed E-state index contributed by atoms with van der Waals surface area (Å²) in [6, 6.07) is 13.8. The van der Waals surface area contributed by atoms with E-state index >= 15 is 0 Å². The third kappa shape index (κ3) is 3.56. The number of para-hydroxylation sites is 1. The topological polar surface area (TPSA) is 44.1 Å². The Hall–Kier alpha value is -2.69. The lowest BCUT2D eigenvalue weighted by Gasteiger charge is -2.01. The number of methoxy groups -OCH3 is 1. The molecule has 3 aromatic rings. The van der Waals surface area contributed by atoms with Gasteiger partial charge in [0.1, 0.15) is 18.1 Å². The number of aromatic nitrogens is 2. The largest absolute Gasteiger partial charge is 0.468 e. The number of hydrogen-bond acceptors (Lipinski definition) is 3. The van der Waals surface area contributed by atoms with E-state index in [0.717, 1.165) is 10.9 Å². The monoisotopic (exact) mass is 314 g/mol. The van der Waals surface area contributed by atoms with Crippen molar-refractivity contribution in [2.45, 2.75) is 20.4 Å². The lowest BCUT2D eigenvalue weighted by atomic mass is 10.1. The van der Waals surface area contributed by atoms with Gasteiger partial charge in [-0.15, -0.1) is 0 Å². The van der Waals surface area contributed by atoms with Crippen molar-refractivity contribution in [3.8, 4) is 11.3 Å². The Morgan fingerprint density at radius 2 is 1.91 bits per heavy atom. The lowest BCUT2D eigenvalue weighted by molar-refractivity contribution is -0.141. The van der Waals surface area contributed by atoms with Gasteiger partial charge in [0.2, 0.25) is 0 Å². The molecule has 0 aliphatic rings. The van der Waals surface area contributed by atoms with Gasteiger partial charge in [-0.05, 0) is 18.2 Å². The van der Waals surface area contributed by atoms with Crippen molar-refractivity contribution < 1.29 is 13.9 Å². The summed E-state index contributed by atoms with van der Waals surface area (Å²) in [5.74, 6) is -0.701. The van der Waals surface area contributed by atoms with Crippen LogP contribution in [0.1, 0.15) is 13.8 Å². The molecule has 0 aliphatic carbocycles. The van der Waals surface area contributed by atoms with Crippen LogP contribution in [-0.4, -0.2) is 22.9 Å². The molecule has 0 aliphatic heterocycles. The number of rotatable bonds is 3. The average Bonchev–Trinajstić information content (AvgIpc) is 2.95. The van der Waals surface area contributed by atoms with Crippen LogP contribution in [0.3, 0.4) is 0 Å². The number of esters is 1. The maximum absolute atomic E-state index is 13.4. The molecule has 5 heteroatoms. The number of hydrogen-bond donors (Lipinski definition) is 0. The molecule has 0 spiro atoms. The summed E-state index contributed by atoms with van der Waals surface area (Å²) in [5.41, 5.74) is 2.13. The fourth-order valence-corrected chi connectivity index (χ4v) is 2.28. The quantitative estimate of drug-likeness (QED) is 0.685. The van der Waals surface area contributed by atoms with Gasteiger partial charge in [-0.2, -0.15) is 5.10 Å². The number of benzene rings is 2. The molecule has 3 rings (SSSR count). The van der Waals surface area contributed by atoms with E-state index in [1.807, 2.05) is 38.1 Å². The van der Waals surface area contributed by atoms with Gasteiger partial charge in [0.05, 0.1) is 12.6 Å². The van der Waals surface area contributed by atoms with Crippen LogP contribution in [0.4, 0.5) is 4.39 Å². The van der Waals surface area contributed by atoms with E-state index in [-0.39, 0.29) is 18.3 Å². The highest BCUT2D eigenvalue weighted by Gasteiger charge is 2.14. The van der Waals surface area contributed by atoms with Gasteiger partial charge in [0.25, 0.3) is 0 Å². The zero-order chi connectivity index (χ0) is 16.8. The summed E-state index contributed by atoms with van der Waals surface area (Å²) in [4.78, 5) is 11.5. The molecule has 0 amide bonds. The highest BCUT2D eigenvalue weighted by atomic mass is 19.1. The molecule has 120 valence electrons. The van der Waals surface area contributed by atoms with Gasteiger partial charge < -0.3 is 4.74 Å². The smallest absolute Gasteiger partial charge is 0.327 e. The first-order valence-corrected chi connectivity index (χ1v) is 7.47. The Balaban J connectivity index is 0.000000924. The first-order chi connectivity index (χ1) is 11.2.